The number of aryl methyl sites for hydroxylation is 1. The summed E-state index contributed by atoms with van der Waals surface area (Å²) in [5.74, 6) is 0.561. The van der Waals surface area contributed by atoms with Gasteiger partial charge < -0.3 is 15.5 Å². The first-order valence-corrected chi connectivity index (χ1v) is 11.3. The van der Waals surface area contributed by atoms with Crippen molar-refractivity contribution >= 4 is 21.7 Å². The topological polar surface area (TPSA) is 77.0 Å². The molecule has 1 aromatic carbocycles. The highest BCUT2D eigenvalue weighted by atomic mass is 32.2. The molecule has 1 aromatic rings. The van der Waals surface area contributed by atoms with Gasteiger partial charge >= 0.3 is 15.5 Å². The van der Waals surface area contributed by atoms with Gasteiger partial charge in [-0.05, 0) is 49.9 Å². The zero-order valence-electron chi connectivity index (χ0n) is 17.8. The standard InChI is InChI=1S/C19H30F3N5O2S/c1-5-23-18(24-13-15-6-7-17(26(3)4)12-14(15)2)25-16-8-10-27(11-9-16)30(28,29)19(20,21)22/h6-7,12,16H,5,8-11,13H2,1-4H3,(H2,23,24,25). The van der Waals surface area contributed by atoms with Gasteiger partial charge in [0.2, 0.25) is 0 Å². The summed E-state index contributed by atoms with van der Waals surface area (Å²) < 4.78 is 61.7. The van der Waals surface area contributed by atoms with E-state index >= 15 is 0 Å². The summed E-state index contributed by atoms with van der Waals surface area (Å²) in [6.07, 6.45) is 0.548. The Labute approximate surface area is 176 Å². The van der Waals surface area contributed by atoms with Crippen LogP contribution < -0.4 is 15.5 Å². The molecule has 0 aromatic heterocycles. The lowest BCUT2D eigenvalue weighted by Crippen LogP contribution is -2.51. The molecule has 0 unspecified atom stereocenters. The smallest absolute Gasteiger partial charge is 0.378 e. The zero-order chi connectivity index (χ0) is 22.5. The number of aliphatic imine (C=N–C) groups is 1. The maximum absolute atomic E-state index is 12.7. The van der Waals surface area contributed by atoms with Crippen LogP contribution in [0.5, 0.6) is 0 Å². The number of alkyl halides is 3. The van der Waals surface area contributed by atoms with Crippen LogP contribution in [0.25, 0.3) is 0 Å². The molecule has 1 heterocycles. The second-order valence-electron chi connectivity index (χ2n) is 7.47. The van der Waals surface area contributed by atoms with Gasteiger partial charge in [-0.1, -0.05) is 6.07 Å². The van der Waals surface area contributed by atoms with Crippen molar-refractivity contribution in [2.24, 2.45) is 4.99 Å². The molecular formula is C19H30F3N5O2S. The fourth-order valence-electron chi connectivity index (χ4n) is 3.20. The van der Waals surface area contributed by atoms with Gasteiger partial charge in [-0.3, -0.25) is 0 Å². The number of anilines is 1. The molecule has 0 atom stereocenters. The SMILES string of the molecule is CCNC(=NCc1ccc(N(C)C)cc1C)NC1CCN(S(=O)(=O)C(F)(F)F)CC1. The van der Waals surface area contributed by atoms with E-state index in [4.69, 9.17) is 0 Å². The van der Waals surface area contributed by atoms with Crippen LogP contribution >= 0.6 is 0 Å². The highest BCUT2D eigenvalue weighted by Crippen LogP contribution is 2.29. The summed E-state index contributed by atoms with van der Waals surface area (Å²) in [5, 5.41) is 6.35. The highest BCUT2D eigenvalue weighted by molar-refractivity contribution is 7.90. The molecule has 2 rings (SSSR count). The van der Waals surface area contributed by atoms with E-state index in [1.54, 1.807) is 0 Å². The van der Waals surface area contributed by atoms with E-state index in [9.17, 15) is 21.6 Å². The van der Waals surface area contributed by atoms with E-state index in [0.717, 1.165) is 16.8 Å². The lowest BCUT2D eigenvalue weighted by Gasteiger charge is -2.32. The second-order valence-corrected chi connectivity index (χ2v) is 9.40. The number of nitrogens with zero attached hydrogens (tertiary/aromatic N) is 3. The fourth-order valence-corrected chi connectivity index (χ4v) is 4.18. The third kappa shape index (κ3) is 6.00. The first kappa shape index (κ1) is 24.3. The Balaban J connectivity index is 2.00. The molecule has 2 N–H and O–H groups in total. The molecule has 0 saturated carbocycles. The Morgan fingerprint density at radius 3 is 2.40 bits per heavy atom. The van der Waals surface area contributed by atoms with Crippen LogP contribution in [0.2, 0.25) is 0 Å². The van der Waals surface area contributed by atoms with Crippen LogP contribution in [0, 0.1) is 6.92 Å². The molecule has 0 spiro atoms. The summed E-state index contributed by atoms with van der Waals surface area (Å²) in [6.45, 7) is 4.68. The zero-order valence-corrected chi connectivity index (χ0v) is 18.6. The van der Waals surface area contributed by atoms with Crippen molar-refractivity contribution in [3.05, 3.63) is 29.3 Å². The third-order valence-corrected chi connectivity index (χ3v) is 6.65. The predicted octanol–water partition coefficient (Wildman–Crippen LogP) is 2.43. The minimum Gasteiger partial charge on any atom is -0.378 e. The summed E-state index contributed by atoms with van der Waals surface area (Å²) in [7, 11) is -1.31. The number of hydrogen-bond donors (Lipinski definition) is 2. The quantitative estimate of drug-likeness (QED) is 0.515. The molecule has 0 bridgehead atoms. The van der Waals surface area contributed by atoms with Crippen molar-refractivity contribution < 1.29 is 21.6 Å². The van der Waals surface area contributed by atoms with Crippen molar-refractivity contribution in [1.29, 1.82) is 0 Å². The van der Waals surface area contributed by atoms with E-state index in [1.165, 1.54) is 0 Å². The predicted molar refractivity (Wildman–Crippen MR) is 113 cm³/mol. The number of guanidine groups is 1. The summed E-state index contributed by atoms with van der Waals surface area (Å²) in [4.78, 5) is 6.61. The summed E-state index contributed by atoms with van der Waals surface area (Å²) in [5.41, 5.74) is -1.97. The van der Waals surface area contributed by atoms with Crippen LogP contribution in [-0.2, 0) is 16.6 Å². The molecule has 11 heteroatoms. The lowest BCUT2D eigenvalue weighted by atomic mass is 10.1. The molecule has 30 heavy (non-hydrogen) atoms. The maximum atomic E-state index is 12.7. The van der Waals surface area contributed by atoms with E-state index in [2.05, 4.69) is 21.7 Å². The van der Waals surface area contributed by atoms with Gasteiger partial charge in [0.05, 0.1) is 6.54 Å². The Morgan fingerprint density at radius 1 is 1.27 bits per heavy atom. The average molecular weight is 450 g/mol. The third-order valence-electron chi connectivity index (χ3n) is 5.02. The Hall–Kier alpha value is -2.01. The van der Waals surface area contributed by atoms with Crippen LogP contribution in [-0.4, -0.2) is 64.0 Å². The molecule has 1 aliphatic heterocycles. The van der Waals surface area contributed by atoms with Crippen LogP contribution in [0.4, 0.5) is 18.9 Å². The lowest BCUT2D eigenvalue weighted by molar-refractivity contribution is -0.0494. The van der Waals surface area contributed by atoms with Crippen molar-refractivity contribution in [2.45, 2.75) is 44.8 Å². The normalized spacial score (nSPS) is 17.1. The minimum absolute atomic E-state index is 0.153. The largest absolute Gasteiger partial charge is 0.511 e. The number of sulfonamides is 1. The first-order valence-electron chi connectivity index (χ1n) is 9.83. The van der Waals surface area contributed by atoms with Gasteiger partial charge in [-0.25, -0.2) is 13.4 Å². The Kier molecular flexibility index (Phi) is 7.98. The van der Waals surface area contributed by atoms with Gasteiger partial charge in [0.15, 0.2) is 5.96 Å². The van der Waals surface area contributed by atoms with Crippen molar-refractivity contribution in [2.75, 3.05) is 38.6 Å². The Morgan fingerprint density at radius 2 is 1.90 bits per heavy atom. The fraction of sp³-hybridized carbons (Fsp3) is 0.632. The summed E-state index contributed by atoms with van der Waals surface area (Å²) in [6, 6.07) is 5.98. The minimum atomic E-state index is -5.27. The number of hydrogen-bond acceptors (Lipinski definition) is 4. The molecule has 1 aliphatic rings. The molecule has 0 aliphatic carbocycles. The number of piperidine rings is 1. The number of halogens is 3. The van der Waals surface area contributed by atoms with Gasteiger partial charge in [-0.2, -0.15) is 17.5 Å². The van der Waals surface area contributed by atoms with Gasteiger partial charge in [0.25, 0.3) is 0 Å². The van der Waals surface area contributed by atoms with Gasteiger partial charge in [-0.15, -0.1) is 0 Å². The van der Waals surface area contributed by atoms with Crippen LogP contribution in [0.3, 0.4) is 0 Å². The van der Waals surface area contributed by atoms with E-state index in [-0.39, 0.29) is 32.0 Å². The van der Waals surface area contributed by atoms with Gasteiger partial charge in [0.1, 0.15) is 0 Å². The van der Waals surface area contributed by atoms with Crippen LogP contribution in [0.15, 0.2) is 23.2 Å². The van der Waals surface area contributed by atoms with Crippen molar-refractivity contribution in [3.63, 3.8) is 0 Å². The molecule has 170 valence electrons. The monoisotopic (exact) mass is 449 g/mol. The maximum Gasteiger partial charge on any atom is 0.511 e. The van der Waals surface area contributed by atoms with E-state index in [0.29, 0.717) is 23.4 Å². The average Bonchev–Trinajstić information content (AvgIpc) is 2.66. The second kappa shape index (κ2) is 9.86. The van der Waals surface area contributed by atoms with E-state index in [1.807, 2.05) is 45.0 Å². The molecule has 1 saturated heterocycles. The first-order chi connectivity index (χ1) is 14.0. The number of rotatable bonds is 6. The van der Waals surface area contributed by atoms with Crippen LogP contribution in [0.1, 0.15) is 30.9 Å². The van der Waals surface area contributed by atoms with Crippen molar-refractivity contribution in [3.8, 4) is 0 Å². The Bertz CT molecular complexity index is 848. The van der Waals surface area contributed by atoms with E-state index < -0.39 is 15.5 Å². The molecule has 0 radical (unpaired) electrons. The van der Waals surface area contributed by atoms with Crippen molar-refractivity contribution in [1.82, 2.24) is 14.9 Å². The highest BCUT2D eigenvalue weighted by Gasteiger charge is 2.50. The molecule has 7 nitrogen and oxygen atoms in total. The molecular weight excluding hydrogens is 419 g/mol. The molecule has 0 amide bonds. The molecule has 1 fully saturated rings. The van der Waals surface area contributed by atoms with Gasteiger partial charge in [0, 0.05) is 45.5 Å². The summed E-state index contributed by atoms with van der Waals surface area (Å²) >= 11 is 0. The number of benzene rings is 1. The number of nitrogens with one attached hydrogen (secondary N) is 2.